The zero-order valence-electron chi connectivity index (χ0n) is 13.3. The van der Waals surface area contributed by atoms with Crippen LogP contribution in [0.3, 0.4) is 0 Å². The molecule has 120 valence electrons. The highest BCUT2D eigenvalue weighted by atomic mass is 32.2. The van der Waals surface area contributed by atoms with Crippen molar-refractivity contribution in [1.82, 2.24) is 20.2 Å². The summed E-state index contributed by atoms with van der Waals surface area (Å²) in [4.78, 5) is 0. The van der Waals surface area contributed by atoms with Gasteiger partial charge in [-0.05, 0) is 45.1 Å². The first kappa shape index (κ1) is 16.5. The molecule has 1 heterocycles. The number of hydrogen-bond donors (Lipinski definition) is 3. The summed E-state index contributed by atoms with van der Waals surface area (Å²) in [5.41, 5.74) is 1.82. The highest BCUT2D eigenvalue weighted by molar-refractivity contribution is 7.89. The van der Waals surface area contributed by atoms with Crippen LogP contribution in [0.4, 0.5) is 0 Å². The number of aromatic nitrogens is 2. The van der Waals surface area contributed by atoms with E-state index < -0.39 is 10.0 Å². The van der Waals surface area contributed by atoms with Gasteiger partial charge in [0.05, 0.1) is 0 Å². The van der Waals surface area contributed by atoms with E-state index in [1.807, 2.05) is 6.92 Å². The van der Waals surface area contributed by atoms with Crippen LogP contribution in [0.15, 0.2) is 5.03 Å². The maximum absolute atomic E-state index is 12.5. The SMILES string of the molecule is CNCc1c(S(=O)(=O)NC2CCC(C)(C)CC2)n[nH]c1C. The molecule has 0 radical (unpaired) electrons. The van der Waals surface area contributed by atoms with E-state index >= 15 is 0 Å². The number of nitrogens with one attached hydrogen (secondary N) is 3. The fourth-order valence-electron chi connectivity index (χ4n) is 2.83. The fraction of sp³-hybridized carbons (Fsp3) is 0.786. The lowest BCUT2D eigenvalue weighted by Crippen LogP contribution is -2.39. The Bertz CT molecular complexity index is 582. The molecule has 0 spiro atoms. The first-order chi connectivity index (χ1) is 9.75. The monoisotopic (exact) mass is 314 g/mol. The Morgan fingerprint density at radius 3 is 2.52 bits per heavy atom. The Labute approximate surface area is 127 Å². The van der Waals surface area contributed by atoms with E-state index in [1.54, 1.807) is 7.05 Å². The second-order valence-electron chi connectivity index (χ2n) is 6.72. The summed E-state index contributed by atoms with van der Waals surface area (Å²) < 4.78 is 27.9. The number of rotatable bonds is 5. The van der Waals surface area contributed by atoms with Crippen LogP contribution in [0.5, 0.6) is 0 Å². The topological polar surface area (TPSA) is 86.9 Å². The maximum Gasteiger partial charge on any atom is 0.260 e. The van der Waals surface area contributed by atoms with Gasteiger partial charge in [-0.3, -0.25) is 5.10 Å². The maximum atomic E-state index is 12.5. The Kier molecular flexibility index (Phi) is 4.75. The zero-order valence-corrected chi connectivity index (χ0v) is 14.1. The van der Waals surface area contributed by atoms with Crippen molar-refractivity contribution in [3.05, 3.63) is 11.3 Å². The molecule has 6 nitrogen and oxygen atoms in total. The van der Waals surface area contributed by atoms with Crippen molar-refractivity contribution in [3.8, 4) is 0 Å². The molecule has 1 aromatic heterocycles. The van der Waals surface area contributed by atoms with Gasteiger partial charge in [-0.1, -0.05) is 13.8 Å². The summed E-state index contributed by atoms with van der Waals surface area (Å²) in [6.45, 7) is 6.79. The molecule has 1 aliphatic rings. The average molecular weight is 314 g/mol. The van der Waals surface area contributed by atoms with Gasteiger partial charge in [0.1, 0.15) is 0 Å². The van der Waals surface area contributed by atoms with Crippen LogP contribution in [-0.4, -0.2) is 31.7 Å². The van der Waals surface area contributed by atoms with Crippen LogP contribution < -0.4 is 10.0 Å². The molecule has 1 aromatic rings. The third-order valence-electron chi connectivity index (χ3n) is 4.31. The summed E-state index contributed by atoms with van der Waals surface area (Å²) in [5, 5.41) is 9.86. The predicted octanol–water partition coefficient (Wildman–Crippen LogP) is 1.68. The predicted molar refractivity (Wildman–Crippen MR) is 82.4 cm³/mol. The summed E-state index contributed by atoms with van der Waals surface area (Å²) in [7, 11) is -1.77. The highest BCUT2D eigenvalue weighted by Crippen LogP contribution is 2.35. The lowest BCUT2D eigenvalue weighted by atomic mass is 9.76. The third-order valence-corrected chi connectivity index (χ3v) is 5.80. The normalized spacial score (nSPS) is 19.8. The summed E-state index contributed by atoms with van der Waals surface area (Å²) in [6.07, 6.45) is 3.86. The Hall–Kier alpha value is -0.920. The second kappa shape index (κ2) is 6.06. The Morgan fingerprint density at radius 1 is 1.33 bits per heavy atom. The summed E-state index contributed by atoms with van der Waals surface area (Å²) in [6, 6.07) is 0.0162. The minimum absolute atomic E-state index is 0.0162. The Morgan fingerprint density at radius 2 is 1.95 bits per heavy atom. The van der Waals surface area contributed by atoms with Crippen LogP contribution in [0.25, 0.3) is 0 Å². The number of H-pyrrole nitrogens is 1. The molecule has 0 bridgehead atoms. The van der Waals surface area contributed by atoms with Gasteiger partial charge in [-0.25, -0.2) is 13.1 Å². The van der Waals surface area contributed by atoms with Gasteiger partial charge in [-0.2, -0.15) is 5.10 Å². The highest BCUT2D eigenvalue weighted by Gasteiger charge is 2.31. The molecule has 7 heteroatoms. The number of aromatic amines is 1. The van der Waals surface area contributed by atoms with Crippen LogP contribution >= 0.6 is 0 Å². The van der Waals surface area contributed by atoms with Crippen molar-refractivity contribution >= 4 is 10.0 Å². The van der Waals surface area contributed by atoms with E-state index in [2.05, 4.69) is 34.1 Å². The van der Waals surface area contributed by atoms with Crippen LogP contribution in [-0.2, 0) is 16.6 Å². The summed E-state index contributed by atoms with van der Waals surface area (Å²) in [5.74, 6) is 0. The molecule has 1 fully saturated rings. The van der Waals surface area contributed by atoms with Crippen LogP contribution in [0.2, 0.25) is 0 Å². The van der Waals surface area contributed by atoms with E-state index in [4.69, 9.17) is 0 Å². The molecule has 0 unspecified atom stereocenters. The lowest BCUT2D eigenvalue weighted by Gasteiger charge is -2.34. The molecule has 0 aromatic carbocycles. The van der Waals surface area contributed by atoms with Crippen molar-refractivity contribution < 1.29 is 8.42 Å². The molecular weight excluding hydrogens is 288 g/mol. The van der Waals surface area contributed by atoms with Gasteiger partial charge in [0.15, 0.2) is 5.03 Å². The van der Waals surface area contributed by atoms with Crippen molar-refractivity contribution in [1.29, 1.82) is 0 Å². The number of nitrogens with zero attached hydrogens (tertiary/aromatic N) is 1. The minimum atomic E-state index is -3.56. The molecule has 1 aliphatic carbocycles. The van der Waals surface area contributed by atoms with Gasteiger partial charge in [-0.15, -0.1) is 0 Å². The van der Waals surface area contributed by atoms with E-state index in [0.717, 1.165) is 31.4 Å². The molecule has 2 rings (SSSR count). The van der Waals surface area contributed by atoms with E-state index in [0.29, 0.717) is 17.5 Å². The molecule has 0 atom stereocenters. The zero-order chi connectivity index (χ0) is 15.7. The summed E-state index contributed by atoms with van der Waals surface area (Å²) >= 11 is 0. The molecule has 0 aliphatic heterocycles. The van der Waals surface area contributed by atoms with Gasteiger partial charge in [0.25, 0.3) is 10.0 Å². The Balaban J connectivity index is 2.12. The molecule has 0 amide bonds. The first-order valence-corrected chi connectivity index (χ1v) is 8.94. The van der Waals surface area contributed by atoms with Crippen molar-refractivity contribution in [3.63, 3.8) is 0 Å². The largest absolute Gasteiger partial charge is 0.316 e. The number of hydrogen-bond acceptors (Lipinski definition) is 4. The molecule has 1 saturated carbocycles. The van der Waals surface area contributed by atoms with Crippen molar-refractivity contribution in [2.24, 2.45) is 5.41 Å². The van der Waals surface area contributed by atoms with Gasteiger partial charge in [0, 0.05) is 23.8 Å². The van der Waals surface area contributed by atoms with Crippen molar-refractivity contribution in [2.45, 2.75) is 64.1 Å². The van der Waals surface area contributed by atoms with Gasteiger partial charge < -0.3 is 5.32 Å². The first-order valence-electron chi connectivity index (χ1n) is 7.46. The van der Waals surface area contributed by atoms with Crippen LogP contribution in [0, 0.1) is 12.3 Å². The standard InChI is InChI=1S/C14H26N4O2S/c1-10-12(9-15-4)13(17-16-10)21(19,20)18-11-5-7-14(2,3)8-6-11/h11,15,18H,5-9H2,1-4H3,(H,16,17). The van der Waals surface area contributed by atoms with Crippen molar-refractivity contribution in [2.75, 3.05) is 7.05 Å². The minimum Gasteiger partial charge on any atom is -0.316 e. The lowest BCUT2D eigenvalue weighted by molar-refractivity contribution is 0.218. The quantitative estimate of drug-likeness (QED) is 0.772. The van der Waals surface area contributed by atoms with E-state index in [-0.39, 0.29) is 11.1 Å². The smallest absolute Gasteiger partial charge is 0.260 e. The number of aryl methyl sites for hydroxylation is 1. The molecule has 21 heavy (non-hydrogen) atoms. The molecule has 3 N–H and O–H groups in total. The molecular formula is C14H26N4O2S. The number of sulfonamides is 1. The molecule has 0 saturated heterocycles. The van der Waals surface area contributed by atoms with Gasteiger partial charge >= 0.3 is 0 Å². The van der Waals surface area contributed by atoms with Crippen LogP contribution in [0.1, 0.15) is 50.8 Å². The van der Waals surface area contributed by atoms with E-state index in [1.165, 1.54) is 0 Å². The van der Waals surface area contributed by atoms with E-state index in [9.17, 15) is 8.42 Å². The average Bonchev–Trinajstić information content (AvgIpc) is 2.75. The third kappa shape index (κ3) is 3.84. The second-order valence-corrected chi connectivity index (χ2v) is 8.35. The van der Waals surface area contributed by atoms with Gasteiger partial charge in [0.2, 0.25) is 0 Å². The fourth-order valence-corrected chi connectivity index (χ4v) is 4.33.